The molecule has 1 aliphatic carbocycles. The zero-order chi connectivity index (χ0) is 13.9. The van der Waals surface area contributed by atoms with E-state index in [1.54, 1.807) is 0 Å². The van der Waals surface area contributed by atoms with Crippen LogP contribution >= 0.6 is 0 Å². The minimum absolute atomic E-state index is 0.149. The summed E-state index contributed by atoms with van der Waals surface area (Å²) in [5.74, 6) is 0.917. The molecular weight excluding hydrogens is 234 g/mol. The Bertz CT molecular complexity index is 463. The van der Waals surface area contributed by atoms with E-state index in [1.165, 1.54) is 5.56 Å². The molecule has 0 radical (unpaired) electrons. The third-order valence-corrected chi connectivity index (χ3v) is 4.48. The Labute approximate surface area is 116 Å². The molecule has 1 fully saturated rings. The fourth-order valence-corrected chi connectivity index (χ4v) is 2.16. The highest BCUT2D eigenvalue weighted by Crippen LogP contribution is 2.48. The molecule has 102 valence electrons. The van der Waals surface area contributed by atoms with E-state index in [4.69, 9.17) is 10.00 Å². The molecule has 0 bridgehead atoms. The van der Waals surface area contributed by atoms with Gasteiger partial charge in [0.25, 0.3) is 0 Å². The third-order valence-electron chi connectivity index (χ3n) is 4.48. The van der Waals surface area contributed by atoms with Gasteiger partial charge in [-0.2, -0.15) is 5.26 Å². The number of benzene rings is 1. The topological polar surface area (TPSA) is 33.0 Å². The smallest absolute Gasteiger partial charge is 0.119 e. The first-order valence-electron chi connectivity index (χ1n) is 7.12. The Morgan fingerprint density at radius 3 is 2.37 bits per heavy atom. The summed E-state index contributed by atoms with van der Waals surface area (Å²) >= 11 is 0. The largest absolute Gasteiger partial charge is 0.493 e. The van der Waals surface area contributed by atoms with E-state index in [9.17, 15) is 0 Å². The van der Waals surface area contributed by atoms with Gasteiger partial charge in [0.2, 0.25) is 0 Å². The molecule has 1 aromatic carbocycles. The second-order valence-electron chi connectivity index (χ2n) is 6.39. The lowest BCUT2D eigenvalue weighted by atomic mass is 9.82. The van der Waals surface area contributed by atoms with Crippen molar-refractivity contribution in [3.05, 3.63) is 29.8 Å². The normalized spacial score (nSPS) is 16.7. The molecule has 1 aliphatic rings. The Balaban J connectivity index is 1.95. The van der Waals surface area contributed by atoms with Gasteiger partial charge in [0.1, 0.15) is 5.75 Å². The Kier molecular flexibility index (Phi) is 3.85. The summed E-state index contributed by atoms with van der Waals surface area (Å²) in [6.45, 7) is 7.41. The number of nitriles is 1. The Hall–Kier alpha value is -1.49. The van der Waals surface area contributed by atoms with Crippen LogP contribution < -0.4 is 4.74 Å². The quantitative estimate of drug-likeness (QED) is 0.754. The van der Waals surface area contributed by atoms with Crippen LogP contribution in [-0.4, -0.2) is 6.61 Å². The maximum atomic E-state index is 8.79. The van der Waals surface area contributed by atoms with Crippen LogP contribution in [0.1, 0.15) is 52.0 Å². The van der Waals surface area contributed by atoms with Crippen LogP contribution in [0.3, 0.4) is 0 Å². The van der Waals surface area contributed by atoms with Gasteiger partial charge in [-0.3, -0.25) is 0 Å². The maximum absolute atomic E-state index is 8.79. The first kappa shape index (κ1) is 13.9. The lowest BCUT2D eigenvalue weighted by Gasteiger charge is -2.23. The molecule has 0 aliphatic heterocycles. The van der Waals surface area contributed by atoms with Crippen molar-refractivity contribution < 1.29 is 4.74 Å². The average Bonchev–Trinajstić information content (AvgIpc) is 3.18. The van der Waals surface area contributed by atoms with Crippen LogP contribution in [-0.2, 0) is 5.41 Å². The standard InChI is InChI=1S/C17H23NO/c1-4-16(2,3)14-5-7-15(8-6-14)19-13-17(9-10-17)11-12-18/h5-8H,4,9-11,13H2,1-3H3. The summed E-state index contributed by atoms with van der Waals surface area (Å²) < 4.78 is 5.84. The first-order chi connectivity index (χ1) is 9.01. The van der Waals surface area contributed by atoms with Gasteiger partial charge in [-0.05, 0) is 42.4 Å². The molecule has 1 aromatic rings. The molecule has 0 heterocycles. The molecule has 2 heteroatoms. The second kappa shape index (κ2) is 5.25. The molecule has 0 amide bonds. The van der Waals surface area contributed by atoms with Gasteiger partial charge in [-0.15, -0.1) is 0 Å². The van der Waals surface area contributed by atoms with Gasteiger partial charge in [-0.1, -0.05) is 32.9 Å². The van der Waals surface area contributed by atoms with Crippen molar-refractivity contribution in [3.8, 4) is 11.8 Å². The van der Waals surface area contributed by atoms with E-state index in [2.05, 4.69) is 51.1 Å². The molecular formula is C17H23NO. The Morgan fingerprint density at radius 2 is 1.89 bits per heavy atom. The van der Waals surface area contributed by atoms with Gasteiger partial charge in [0, 0.05) is 11.8 Å². The van der Waals surface area contributed by atoms with Crippen LogP contribution in [0, 0.1) is 16.7 Å². The molecule has 1 saturated carbocycles. The van der Waals surface area contributed by atoms with Crippen molar-refractivity contribution in [2.24, 2.45) is 5.41 Å². The zero-order valence-electron chi connectivity index (χ0n) is 12.2. The summed E-state index contributed by atoms with van der Waals surface area (Å²) in [4.78, 5) is 0. The summed E-state index contributed by atoms with van der Waals surface area (Å²) in [6, 6.07) is 10.7. The van der Waals surface area contributed by atoms with Crippen molar-refractivity contribution in [1.29, 1.82) is 5.26 Å². The van der Waals surface area contributed by atoms with E-state index in [0.29, 0.717) is 13.0 Å². The lowest BCUT2D eigenvalue weighted by Crippen LogP contribution is -2.15. The fraction of sp³-hybridized carbons (Fsp3) is 0.588. The highest BCUT2D eigenvalue weighted by molar-refractivity contribution is 5.31. The summed E-state index contributed by atoms with van der Waals surface area (Å²) in [6.07, 6.45) is 4.00. The third kappa shape index (κ3) is 3.29. The van der Waals surface area contributed by atoms with E-state index in [0.717, 1.165) is 25.0 Å². The minimum atomic E-state index is 0.149. The van der Waals surface area contributed by atoms with Crippen molar-refractivity contribution in [2.75, 3.05) is 6.61 Å². The lowest BCUT2D eigenvalue weighted by molar-refractivity contribution is 0.236. The molecule has 0 aromatic heterocycles. The molecule has 0 atom stereocenters. The summed E-state index contributed by atoms with van der Waals surface area (Å²) in [7, 11) is 0. The zero-order valence-corrected chi connectivity index (χ0v) is 12.2. The van der Waals surface area contributed by atoms with Gasteiger partial charge in [0.15, 0.2) is 0 Å². The van der Waals surface area contributed by atoms with Gasteiger partial charge < -0.3 is 4.74 Å². The molecule has 0 spiro atoms. The predicted molar refractivity (Wildman–Crippen MR) is 77.2 cm³/mol. The van der Waals surface area contributed by atoms with Gasteiger partial charge in [0.05, 0.1) is 12.7 Å². The first-order valence-corrected chi connectivity index (χ1v) is 7.12. The van der Waals surface area contributed by atoms with Crippen LogP contribution in [0.25, 0.3) is 0 Å². The van der Waals surface area contributed by atoms with Crippen LogP contribution in [0.15, 0.2) is 24.3 Å². The minimum Gasteiger partial charge on any atom is -0.493 e. The monoisotopic (exact) mass is 257 g/mol. The molecule has 2 nitrogen and oxygen atoms in total. The molecule has 0 saturated heterocycles. The highest BCUT2D eigenvalue weighted by Gasteiger charge is 2.43. The van der Waals surface area contributed by atoms with Crippen molar-refractivity contribution in [3.63, 3.8) is 0 Å². The van der Waals surface area contributed by atoms with Crippen molar-refractivity contribution in [2.45, 2.75) is 51.9 Å². The van der Waals surface area contributed by atoms with Gasteiger partial charge in [-0.25, -0.2) is 0 Å². The Morgan fingerprint density at radius 1 is 1.26 bits per heavy atom. The van der Waals surface area contributed by atoms with Crippen molar-refractivity contribution in [1.82, 2.24) is 0 Å². The van der Waals surface area contributed by atoms with E-state index in [1.807, 2.05) is 0 Å². The number of ether oxygens (including phenoxy) is 1. The molecule has 0 N–H and O–H groups in total. The van der Waals surface area contributed by atoms with E-state index >= 15 is 0 Å². The summed E-state index contributed by atoms with van der Waals surface area (Å²) in [5.41, 5.74) is 1.72. The van der Waals surface area contributed by atoms with Crippen molar-refractivity contribution >= 4 is 0 Å². The fourth-order valence-electron chi connectivity index (χ4n) is 2.16. The average molecular weight is 257 g/mol. The maximum Gasteiger partial charge on any atom is 0.119 e. The molecule has 19 heavy (non-hydrogen) atoms. The SMILES string of the molecule is CCC(C)(C)c1ccc(OCC2(CC#N)CC2)cc1. The number of nitrogens with zero attached hydrogens (tertiary/aromatic N) is 1. The van der Waals surface area contributed by atoms with Crippen LogP contribution in [0.5, 0.6) is 5.75 Å². The highest BCUT2D eigenvalue weighted by atomic mass is 16.5. The number of hydrogen-bond donors (Lipinski definition) is 0. The van der Waals surface area contributed by atoms with Gasteiger partial charge >= 0.3 is 0 Å². The number of rotatable bonds is 6. The van der Waals surface area contributed by atoms with Crippen LogP contribution in [0.2, 0.25) is 0 Å². The molecule has 0 unspecified atom stereocenters. The predicted octanol–water partition coefficient (Wildman–Crippen LogP) is 4.45. The molecule has 2 rings (SSSR count). The van der Waals surface area contributed by atoms with E-state index < -0.39 is 0 Å². The van der Waals surface area contributed by atoms with Crippen LogP contribution in [0.4, 0.5) is 0 Å². The second-order valence-corrected chi connectivity index (χ2v) is 6.39. The number of hydrogen-bond acceptors (Lipinski definition) is 2. The summed E-state index contributed by atoms with van der Waals surface area (Å²) in [5, 5.41) is 8.79. The van der Waals surface area contributed by atoms with E-state index in [-0.39, 0.29) is 10.8 Å².